The Labute approximate surface area is 204 Å². The largest absolute Gasteiger partial charge is 0.447 e. The lowest BCUT2D eigenvalue weighted by molar-refractivity contribution is -0.132. The summed E-state index contributed by atoms with van der Waals surface area (Å²) in [6, 6.07) is 20.5. The fraction of sp³-hybridized carbons (Fsp3) is 0.370. The highest BCUT2D eigenvalue weighted by molar-refractivity contribution is 7.15. The first-order chi connectivity index (χ1) is 16.6. The van der Waals surface area contributed by atoms with Gasteiger partial charge in [0.1, 0.15) is 11.6 Å². The topological polar surface area (TPSA) is 62.7 Å². The van der Waals surface area contributed by atoms with Crippen LogP contribution in [-0.4, -0.2) is 58.6 Å². The number of nitrogens with zero attached hydrogens (tertiary/aromatic N) is 3. The molecule has 3 heterocycles. The number of carbonyl (C=O) groups is 2. The first-order valence-electron chi connectivity index (χ1n) is 11.9. The average Bonchev–Trinajstić information content (AvgIpc) is 3.42. The quantitative estimate of drug-likeness (QED) is 0.518. The van der Waals surface area contributed by atoms with Crippen molar-refractivity contribution >= 4 is 23.3 Å². The third kappa shape index (κ3) is 4.85. The summed E-state index contributed by atoms with van der Waals surface area (Å²) in [4.78, 5) is 35.2. The van der Waals surface area contributed by atoms with Crippen molar-refractivity contribution in [3.8, 4) is 10.6 Å². The molecule has 2 saturated heterocycles. The normalized spacial score (nSPS) is 18.9. The van der Waals surface area contributed by atoms with Gasteiger partial charge in [-0.2, -0.15) is 0 Å². The SMILES string of the molecule is Cc1sc(-c2ccccc2)nc1CC(=O)N1CCC(N2C(=O)OC[C@H]2Cc2ccccc2)CC1. The number of piperidine rings is 1. The van der Waals surface area contributed by atoms with Gasteiger partial charge in [0.2, 0.25) is 5.91 Å². The summed E-state index contributed by atoms with van der Waals surface area (Å²) in [5.74, 6) is 0.108. The highest BCUT2D eigenvalue weighted by Crippen LogP contribution is 2.29. The van der Waals surface area contributed by atoms with E-state index in [-0.39, 0.29) is 24.1 Å². The second-order valence-electron chi connectivity index (χ2n) is 9.00. The molecule has 5 rings (SSSR count). The van der Waals surface area contributed by atoms with E-state index in [1.54, 1.807) is 11.3 Å². The first kappa shape index (κ1) is 22.6. The Morgan fingerprint density at radius 3 is 2.44 bits per heavy atom. The lowest BCUT2D eigenvalue weighted by Gasteiger charge is -2.38. The number of cyclic esters (lactones) is 1. The van der Waals surface area contributed by atoms with E-state index < -0.39 is 0 Å². The number of hydrogen-bond acceptors (Lipinski definition) is 5. The maximum atomic E-state index is 13.0. The van der Waals surface area contributed by atoms with Crippen LogP contribution in [0.3, 0.4) is 0 Å². The van der Waals surface area contributed by atoms with Crippen LogP contribution < -0.4 is 0 Å². The number of thiazole rings is 1. The van der Waals surface area contributed by atoms with E-state index in [2.05, 4.69) is 12.1 Å². The van der Waals surface area contributed by atoms with Crippen molar-refractivity contribution in [3.63, 3.8) is 0 Å². The molecule has 0 aliphatic carbocycles. The monoisotopic (exact) mass is 475 g/mol. The molecule has 1 atom stereocenters. The van der Waals surface area contributed by atoms with Crippen molar-refractivity contribution in [2.24, 2.45) is 0 Å². The number of amides is 2. The second kappa shape index (κ2) is 9.97. The summed E-state index contributed by atoms with van der Waals surface area (Å²) in [7, 11) is 0. The van der Waals surface area contributed by atoms with Gasteiger partial charge in [-0.3, -0.25) is 9.69 Å². The maximum Gasteiger partial charge on any atom is 0.410 e. The van der Waals surface area contributed by atoms with Crippen molar-refractivity contribution in [3.05, 3.63) is 76.8 Å². The van der Waals surface area contributed by atoms with Gasteiger partial charge >= 0.3 is 6.09 Å². The van der Waals surface area contributed by atoms with Gasteiger partial charge in [-0.25, -0.2) is 9.78 Å². The third-order valence-corrected chi connectivity index (χ3v) is 7.82. The Kier molecular flexibility index (Phi) is 6.63. The molecular formula is C27H29N3O3S. The summed E-state index contributed by atoms with van der Waals surface area (Å²) in [6.07, 6.45) is 2.44. The van der Waals surface area contributed by atoms with Crippen LogP contribution in [0.25, 0.3) is 10.6 Å². The highest BCUT2D eigenvalue weighted by atomic mass is 32.1. The van der Waals surface area contributed by atoms with E-state index in [0.29, 0.717) is 26.1 Å². The minimum atomic E-state index is -0.225. The van der Waals surface area contributed by atoms with Crippen molar-refractivity contribution < 1.29 is 14.3 Å². The summed E-state index contributed by atoms with van der Waals surface area (Å²) in [5, 5.41) is 0.955. The van der Waals surface area contributed by atoms with Gasteiger partial charge in [-0.05, 0) is 31.7 Å². The van der Waals surface area contributed by atoms with E-state index in [1.807, 2.05) is 65.3 Å². The first-order valence-corrected chi connectivity index (χ1v) is 12.7. The molecular weight excluding hydrogens is 446 g/mol. The molecule has 6 nitrogen and oxygen atoms in total. The number of rotatable bonds is 6. The van der Waals surface area contributed by atoms with E-state index in [0.717, 1.165) is 40.4 Å². The lowest BCUT2D eigenvalue weighted by Crippen LogP contribution is -2.50. The van der Waals surface area contributed by atoms with Gasteiger partial charge < -0.3 is 9.64 Å². The van der Waals surface area contributed by atoms with Crippen LogP contribution in [0.15, 0.2) is 60.7 Å². The van der Waals surface area contributed by atoms with Gasteiger partial charge in [-0.15, -0.1) is 11.3 Å². The van der Waals surface area contributed by atoms with Crippen molar-refractivity contribution in [1.82, 2.24) is 14.8 Å². The molecule has 2 fully saturated rings. The molecule has 3 aromatic rings. The predicted octanol–water partition coefficient (Wildman–Crippen LogP) is 4.72. The predicted molar refractivity (Wildman–Crippen MR) is 133 cm³/mol. The molecule has 0 unspecified atom stereocenters. The minimum Gasteiger partial charge on any atom is -0.447 e. The zero-order valence-electron chi connectivity index (χ0n) is 19.4. The fourth-order valence-corrected chi connectivity index (χ4v) is 5.84. The van der Waals surface area contributed by atoms with Crippen LogP contribution in [0.1, 0.15) is 29.0 Å². The third-order valence-electron chi connectivity index (χ3n) is 6.76. The van der Waals surface area contributed by atoms with Crippen molar-refractivity contribution in [2.75, 3.05) is 19.7 Å². The molecule has 0 spiro atoms. The second-order valence-corrected chi connectivity index (χ2v) is 10.2. The fourth-order valence-electron chi connectivity index (χ4n) is 4.91. The molecule has 2 aliphatic heterocycles. The summed E-state index contributed by atoms with van der Waals surface area (Å²) >= 11 is 1.63. The standard InChI is InChI=1S/C27H29N3O3S/c1-19-24(28-26(34-19)21-10-6-3-7-11-21)17-25(31)29-14-12-22(13-15-29)30-23(18-33-27(30)32)16-20-8-4-2-5-9-20/h2-11,22-23H,12-18H2,1H3/t23-/m1/s1. The highest BCUT2D eigenvalue weighted by Gasteiger charge is 2.39. The number of aromatic nitrogens is 1. The maximum absolute atomic E-state index is 13.0. The number of likely N-dealkylation sites (tertiary alicyclic amines) is 1. The number of hydrogen-bond donors (Lipinski definition) is 0. The van der Waals surface area contributed by atoms with Gasteiger partial charge in [0.05, 0.1) is 18.2 Å². The lowest BCUT2D eigenvalue weighted by atomic mass is 9.99. The van der Waals surface area contributed by atoms with Gasteiger partial charge in [0, 0.05) is 29.6 Å². The smallest absolute Gasteiger partial charge is 0.410 e. The molecule has 0 saturated carbocycles. The number of ether oxygens (including phenoxy) is 1. The molecule has 0 N–H and O–H groups in total. The molecule has 2 aliphatic rings. The summed E-state index contributed by atoms with van der Waals surface area (Å²) in [5.41, 5.74) is 3.15. The van der Waals surface area contributed by atoms with E-state index >= 15 is 0 Å². The average molecular weight is 476 g/mol. The number of benzene rings is 2. The van der Waals surface area contributed by atoms with Crippen LogP contribution in [-0.2, 0) is 22.4 Å². The zero-order valence-corrected chi connectivity index (χ0v) is 20.2. The zero-order chi connectivity index (χ0) is 23.5. The molecule has 34 heavy (non-hydrogen) atoms. The summed E-state index contributed by atoms with van der Waals surface area (Å²) in [6.45, 7) is 3.77. The van der Waals surface area contributed by atoms with E-state index in [1.165, 1.54) is 5.56 Å². The molecule has 2 amide bonds. The Balaban J connectivity index is 1.18. The molecule has 0 radical (unpaired) electrons. The van der Waals surface area contributed by atoms with Crippen LogP contribution in [0.4, 0.5) is 4.79 Å². The van der Waals surface area contributed by atoms with Gasteiger partial charge in [0.15, 0.2) is 0 Å². The van der Waals surface area contributed by atoms with Crippen LogP contribution >= 0.6 is 11.3 Å². The Morgan fingerprint density at radius 1 is 1.06 bits per heavy atom. The van der Waals surface area contributed by atoms with Crippen molar-refractivity contribution in [2.45, 2.75) is 44.7 Å². The Morgan fingerprint density at radius 2 is 1.74 bits per heavy atom. The molecule has 176 valence electrons. The van der Waals surface area contributed by atoms with Crippen LogP contribution in [0.5, 0.6) is 0 Å². The Bertz CT molecular complexity index is 1140. The van der Waals surface area contributed by atoms with Crippen molar-refractivity contribution in [1.29, 1.82) is 0 Å². The van der Waals surface area contributed by atoms with Crippen LogP contribution in [0.2, 0.25) is 0 Å². The molecule has 0 bridgehead atoms. The Hall–Kier alpha value is -3.19. The van der Waals surface area contributed by atoms with Gasteiger partial charge in [-0.1, -0.05) is 60.7 Å². The van der Waals surface area contributed by atoms with E-state index in [4.69, 9.17) is 9.72 Å². The van der Waals surface area contributed by atoms with Gasteiger partial charge in [0.25, 0.3) is 0 Å². The van der Waals surface area contributed by atoms with Crippen LogP contribution in [0, 0.1) is 6.92 Å². The molecule has 7 heteroatoms. The van der Waals surface area contributed by atoms with E-state index in [9.17, 15) is 9.59 Å². The number of carbonyl (C=O) groups excluding carboxylic acids is 2. The summed E-state index contributed by atoms with van der Waals surface area (Å²) < 4.78 is 5.41. The molecule has 2 aromatic carbocycles. The minimum absolute atomic E-state index is 0.0521. The molecule has 1 aromatic heterocycles. The number of aryl methyl sites for hydroxylation is 1.